The molecule has 1 saturated heterocycles. The predicted octanol–water partition coefficient (Wildman–Crippen LogP) is 3.28. The van der Waals surface area contributed by atoms with Gasteiger partial charge in [0.15, 0.2) is 0 Å². The first kappa shape index (κ1) is 28.2. The molecule has 1 saturated carbocycles. The zero-order valence-corrected chi connectivity index (χ0v) is 23.0. The predicted molar refractivity (Wildman–Crippen MR) is 149 cm³/mol. The van der Waals surface area contributed by atoms with Crippen LogP contribution in [0, 0.1) is 11.3 Å². The average molecular weight is 538 g/mol. The van der Waals surface area contributed by atoms with Crippen LogP contribution >= 0.6 is 0 Å². The summed E-state index contributed by atoms with van der Waals surface area (Å²) in [6.07, 6.45) is 5.73. The van der Waals surface area contributed by atoms with Gasteiger partial charge in [-0.1, -0.05) is 62.6 Å². The van der Waals surface area contributed by atoms with Crippen LogP contribution in [0.5, 0.6) is 0 Å². The summed E-state index contributed by atoms with van der Waals surface area (Å²) >= 11 is 0. The molecule has 0 spiro atoms. The molecule has 204 valence electrons. The monoisotopic (exact) mass is 537 g/mol. The smallest absolute Gasteiger partial charge is 0.243 e. The van der Waals surface area contributed by atoms with Crippen molar-refractivity contribution in [2.45, 2.75) is 68.3 Å². The Balaban J connectivity index is 1.36. The van der Waals surface area contributed by atoms with Crippen molar-refractivity contribution in [3.05, 3.63) is 54.1 Å². The summed E-state index contributed by atoms with van der Waals surface area (Å²) in [7, 11) is -3.51. The molecule has 1 atom stereocenters. The van der Waals surface area contributed by atoms with Crippen LogP contribution in [0.2, 0.25) is 0 Å². The minimum Gasteiger partial charge on any atom is -0.338 e. The lowest BCUT2D eigenvalue weighted by molar-refractivity contribution is -0.127. The van der Waals surface area contributed by atoms with Gasteiger partial charge in [0.25, 0.3) is 0 Å². The lowest BCUT2D eigenvalue weighted by atomic mass is 9.81. The fraction of sp³-hybridized carbons (Fsp3) is 0.517. The van der Waals surface area contributed by atoms with Gasteiger partial charge < -0.3 is 16.0 Å². The van der Waals surface area contributed by atoms with Crippen molar-refractivity contribution in [2.75, 3.05) is 32.7 Å². The highest BCUT2D eigenvalue weighted by molar-refractivity contribution is 7.89. The number of piperazine rings is 1. The summed E-state index contributed by atoms with van der Waals surface area (Å²) in [6.45, 7) is 5.70. The topological polar surface area (TPSA) is 120 Å². The van der Waals surface area contributed by atoms with Crippen molar-refractivity contribution >= 4 is 15.9 Å². The Morgan fingerprint density at radius 2 is 1.58 bits per heavy atom. The molecule has 0 aromatic heterocycles. The number of sulfonamides is 1. The van der Waals surface area contributed by atoms with Crippen LogP contribution in [0.25, 0.3) is 11.1 Å². The van der Waals surface area contributed by atoms with E-state index in [1.54, 1.807) is 16.4 Å². The maximum absolute atomic E-state index is 13.1. The Morgan fingerprint density at radius 1 is 1.00 bits per heavy atom. The van der Waals surface area contributed by atoms with E-state index in [0.717, 1.165) is 62.0 Å². The van der Waals surface area contributed by atoms with Crippen molar-refractivity contribution in [1.82, 2.24) is 14.5 Å². The highest BCUT2D eigenvalue weighted by Gasteiger charge is 2.36. The van der Waals surface area contributed by atoms with E-state index in [2.05, 4.69) is 23.2 Å². The van der Waals surface area contributed by atoms with E-state index in [-0.39, 0.29) is 5.91 Å². The van der Waals surface area contributed by atoms with Gasteiger partial charge in [0.2, 0.25) is 15.9 Å². The Labute approximate surface area is 226 Å². The average Bonchev–Trinajstić information content (AvgIpc) is 2.94. The lowest BCUT2D eigenvalue weighted by Gasteiger charge is -2.33. The summed E-state index contributed by atoms with van der Waals surface area (Å²) in [6, 6.07) is 16.3. The fourth-order valence-electron chi connectivity index (χ4n) is 5.39. The molecule has 1 heterocycles. The van der Waals surface area contributed by atoms with Crippen molar-refractivity contribution < 1.29 is 13.2 Å². The van der Waals surface area contributed by atoms with Crippen molar-refractivity contribution in [3.8, 4) is 17.2 Å². The van der Waals surface area contributed by atoms with Gasteiger partial charge in [-0.2, -0.15) is 9.57 Å². The minimum absolute atomic E-state index is 0.238. The molecule has 38 heavy (non-hydrogen) atoms. The van der Waals surface area contributed by atoms with Crippen LogP contribution in [-0.4, -0.2) is 67.8 Å². The third kappa shape index (κ3) is 6.62. The number of nitrogens with zero attached hydrogens (tertiary/aromatic N) is 3. The minimum atomic E-state index is -3.51. The van der Waals surface area contributed by atoms with Gasteiger partial charge in [0, 0.05) is 32.6 Å². The van der Waals surface area contributed by atoms with E-state index in [9.17, 15) is 18.5 Å². The maximum atomic E-state index is 13.1. The summed E-state index contributed by atoms with van der Waals surface area (Å²) in [5.74, 6) is -0.238. The van der Waals surface area contributed by atoms with Crippen LogP contribution in [0.1, 0.15) is 51.0 Å². The number of carbonyl (C=O) groups excluding carboxylic acids is 1. The Hall–Kier alpha value is -2.77. The zero-order valence-electron chi connectivity index (χ0n) is 22.2. The Bertz CT molecular complexity index is 1220. The third-order valence-corrected chi connectivity index (χ3v) is 9.66. The molecule has 1 amide bonds. The summed E-state index contributed by atoms with van der Waals surface area (Å²) in [4.78, 5) is 15.3. The standard InChI is InChI=1S/C29H39N5O3S/c1-2-16-33-17-19-34(20-18-33)38(36,37)27-12-10-25(11-13-27)24-8-6-23(7-9-24)21-26(22-30)32-28(35)29(31)14-4-3-5-15-29/h6-13,26H,2-5,14-21,31H2,1H3,(H,32,35)/t26-/m1/s1. The first-order valence-electron chi connectivity index (χ1n) is 13.7. The zero-order chi connectivity index (χ0) is 27.2. The largest absolute Gasteiger partial charge is 0.338 e. The van der Waals surface area contributed by atoms with E-state index >= 15 is 0 Å². The quantitative estimate of drug-likeness (QED) is 0.507. The highest BCUT2D eigenvalue weighted by Crippen LogP contribution is 2.27. The van der Waals surface area contributed by atoms with Gasteiger partial charge in [-0.05, 0) is 54.6 Å². The molecule has 2 aromatic rings. The number of rotatable bonds is 9. The van der Waals surface area contributed by atoms with E-state index in [4.69, 9.17) is 5.73 Å². The van der Waals surface area contributed by atoms with Crippen LogP contribution < -0.4 is 11.1 Å². The van der Waals surface area contributed by atoms with E-state index in [0.29, 0.717) is 37.2 Å². The van der Waals surface area contributed by atoms with Gasteiger partial charge >= 0.3 is 0 Å². The number of nitrogens with two attached hydrogens (primary N) is 1. The second kappa shape index (κ2) is 12.4. The molecule has 1 aliphatic heterocycles. The first-order chi connectivity index (χ1) is 18.2. The molecule has 3 N–H and O–H groups in total. The Morgan fingerprint density at radius 3 is 2.13 bits per heavy atom. The first-order valence-corrected chi connectivity index (χ1v) is 15.1. The molecule has 9 heteroatoms. The molecule has 0 bridgehead atoms. The molecular weight excluding hydrogens is 498 g/mol. The molecule has 2 aromatic carbocycles. The molecule has 0 radical (unpaired) electrons. The third-order valence-electron chi connectivity index (χ3n) is 7.75. The Kier molecular flexibility index (Phi) is 9.21. The number of benzene rings is 2. The van der Waals surface area contributed by atoms with Gasteiger partial charge in [-0.15, -0.1) is 0 Å². The molecule has 1 aliphatic carbocycles. The van der Waals surface area contributed by atoms with Gasteiger partial charge in [0.1, 0.15) is 6.04 Å². The van der Waals surface area contributed by atoms with Crippen LogP contribution in [-0.2, 0) is 21.2 Å². The van der Waals surface area contributed by atoms with Gasteiger partial charge in [-0.25, -0.2) is 8.42 Å². The van der Waals surface area contributed by atoms with Gasteiger partial charge in [-0.3, -0.25) is 4.79 Å². The molecule has 2 aliphatic rings. The maximum Gasteiger partial charge on any atom is 0.243 e. The highest BCUT2D eigenvalue weighted by atomic mass is 32.2. The second-order valence-corrected chi connectivity index (χ2v) is 12.5. The number of amides is 1. The number of hydrogen-bond donors (Lipinski definition) is 2. The van der Waals surface area contributed by atoms with Crippen molar-refractivity contribution in [2.24, 2.45) is 5.73 Å². The molecular formula is C29H39N5O3S. The number of nitrogens with one attached hydrogen (secondary N) is 1. The van der Waals surface area contributed by atoms with Crippen LogP contribution in [0.4, 0.5) is 0 Å². The summed E-state index contributed by atoms with van der Waals surface area (Å²) in [5, 5.41) is 12.5. The fourth-order valence-corrected chi connectivity index (χ4v) is 6.81. The molecule has 2 fully saturated rings. The number of nitriles is 1. The van der Waals surface area contributed by atoms with E-state index in [1.807, 2.05) is 36.4 Å². The second-order valence-electron chi connectivity index (χ2n) is 10.5. The normalized spacial score (nSPS) is 19.4. The lowest BCUT2D eigenvalue weighted by Crippen LogP contribution is -2.57. The van der Waals surface area contributed by atoms with Crippen molar-refractivity contribution in [1.29, 1.82) is 5.26 Å². The summed E-state index contributed by atoms with van der Waals surface area (Å²) in [5.41, 5.74) is 8.23. The van der Waals surface area contributed by atoms with Crippen molar-refractivity contribution in [3.63, 3.8) is 0 Å². The van der Waals surface area contributed by atoms with E-state index < -0.39 is 21.6 Å². The van der Waals surface area contributed by atoms with E-state index in [1.165, 1.54) is 0 Å². The van der Waals surface area contributed by atoms with Crippen LogP contribution in [0.3, 0.4) is 0 Å². The molecule has 4 rings (SSSR count). The van der Waals surface area contributed by atoms with Gasteiger partial charge in [0.05, 0.1) is 16.5 Å². The SMILES string of the molecule is CCCN1CCN(S(=O)(=O)c2ccc(-c3ccc(C[C@H](C#N)NC(=O)C4(N)CCCCC4)cc3)cc2)CC1. The number of carbonyl (C=O) groups is 1. The molecule has 0 unspecified atom stereocenters. The molecule has 8 nitrogen and oxygen atoms in total. The summed E-state index contributed by atoms with van der Waals surface area (Å²) < 4.78 is 27.8. The number of hydrogen-bond acceptors (Lipinski definition) is 6. The van der Waals surface area contributed by atoms with Crippen LogP contribution in [0.15, 0.2) is 53.4 Å².